The Morgan fingerprint density at radius 3 is 2.92 bits per heavy atom. The predicted molar refractivity (Wildman–Crippen MR) is 89.4 cm³/mol. The van der Waals surface area contributed by atoms with E-state index in [1.54, 1.807) is 16.7 Å². The van der Waals surface area contributed by atoms with Gasteiger partial charge in [-0.1, -0.05) is 12.1 Å². The van der Waals surface area contributed by atoms with Gasteiger partial charge in [-0.25, -0.2) is 0 Å². The molecule has 0 aliphatic carbocycles. The van der Waals surface area contributed by atoms with Crippen molar-refractivity contribution in [2.45, 2.75) is 36.4 Å². The van der Waals surface area contributed by atoms with Gasteiger partial charge in [0.25, 0.3) is 5.91 Å². The van der Waals surface area contributed by atoms with Crippen LogP contribution in [0.4, 0.5) is 0 Å². The van der Waals surface area contributed by atoms with E-state index in [9.17, 15) is 9.59 Å². The molecule has 0 unspecified atom stereocenters. The number of para-hydroxylation sites is 1. The fourth-order valence-electron chi connectivity index (χ4n) is 2.90. The fraction of sp³-hybridized carbons (Fsp3) is 0.529. The summed E-state index contributed by atoms with van der Waals surface area (Å²) in [7, 11) is 0. The van der Waals surface area contributed by atoms with Crippen LogP contribution in [0.1, 0.15) is 19.3 Å². The molecule has 1 fully saturated rings. The van der Waals surface area contributed by atoms with Crippen molar-refractivity contribution in [1.82, 2.24) is 4.90 Å². The van der Waals surface area contributed by atoms with Crippen LogP contribution < -0.4 is 4.74 Å². The quantitative estimate of drug-likeness (QED) is 0.845. The Bertz CT molecular complexity index is 602. The van der Waals surface area contributed by atoms with Gasteiger partial charge < -0.3 is 19.5 Å². The Morgan fingerprint density at radius 1 is 1.33 bits per heavy atom. The van der Waals surface area contributed by atoms with Crippen molar-refractivity contribution in [3.63, 3.8) is 0 Å². The highest BCUT2D eigenvalue weighted by Crippen LogP contribution is 2.35. The third-order valence-corrected chi connectivity index (χ3v) is 5.26. The van der Waals surface area contributed by atoms with E-state index in [0.29, 0.717) is 24.7 Å². The highest BCUT2D eigenvalue weighted by Gasteiger charge is 2.32. The molecule has 2 heterocycles. The van der Waals surface area contributed by atoms with Gasteiger partial charge >= 0.3 is 5.97 Å². The molecule has 2 atom stereocenters. The molecular formula is C17H21NO5S. The van der Waals surface area contributed by atoms with Crippen LogP contribution in [0.25, 0.3) is 0 Å². The number of carbonyl (C=O) groups excluding carboxylic acids is 1. The van der Waals surface area contributed by atoms with Crippen molar-refractivity contribution in [3.8, 4) is 5.75 Å². The molecule has 1 aromatic rings. The van der Waals surface area contributed by atoms with Crippen LogP contribution in [0.2, 0.25) is 0 Å². The molecule has 0 radical (unpaired) electrons. The summed E-state index contributed by atoms with van der Waals surface area (Å²) in [6, 6.07) is 7.63. The summed E-state index contributed by atoms with van der Waals surface area (Å²) in [5.41, 5.74) is 0. The summed E-state index contributed by atoms with van der Waals surface area (Å²) in [4.78, 5) is 26.4. The zero-order valence-electron chi connectivity index (χ0n) is 13.3. The van der Waals surface area contributed by atoms with Gasteiger partial charge in [0.2, 0.25) is 0 Å². The SMILES string of the molecule is O=C(O)CCN(C[C@H]1CCCO1)C(=O)[C@@H]1CSc2ccccc2O1. The first kappa shape index (κ1) is 17.1. The van der Waals surface area contributed by atoms with Crippen LogP contribution >= 0.6 is 11.8 Å². The van der Waals surface area contributed by atoms with Crippen LogP contribution in [0.5, 0.6) is 5.75 Å². The summed E-state index contributed by atoms with van der Waals surface area (Å²) >= 11 is 1.59. The number of nitrogens with zero attached hydrogens (tertiary/aromatic N) is 1. The molecule has 130 valence electrons. The molecule has 0 spiro atoms. The zero-order valence-corrected chi connectivity index (χ0v) is 14.2. The molecule has 24 heavy (non-hydrogen) atoms. The lowest BCUT2D eigenvalue weighted by atomic mass is 10.2. The van der Waals surface area contributed by atoms with Gasteiger partial charge in [0, 0.05) is 30.3 Å². The highest BCUT2D eigenvalue weighted by atomic mass is 32.2. The number of carboxylic acid groups (broad SMARTS) is 1. The number of benzene rings is 1. The lowest BCUT2D eigenvalue weighted by molar-refractivity contribution is -0.142. The Morgan fingerprint density at radius 2 is 2.17 bits per heavy atom. The predicted octanol–water partition coefficient (Wildman–Crippen LogP) is 2.02. The second kappa shape index (κ2) is 7.90. The normalized spacial score (nSPS) is 22.5. The van der Waals surface area contributed by atoms with Crippen molar-refractivity contribution in [2.75, 3.05) is 25.4 Å². The van der Waals surface area contributed by atoms with E-state index in [1.165, 1.54) is 0 Å². The number of carbonyl (C=O) groups is 2. The minimum Gasteiger partial charge on any atom is -0.481 e. The molecule has 0 saturated carbocycles. The maximum atomic E-state index is 12.8. The molecule has 6 nitrogen and oxygen atoms in total. The molecular weight excluding hydrogens is 330 g/mol. The molecule has 1 amide bonds. The summed E-state index contributed by atoms with van der Waals surface area (Å²) in [6.45, 7) is 1.31. The molecule has 7 heteroatoms. The first-order valence-corrected chi connectivity index (χ1v) is 9.12. The summed E-state index contributed by atoms with van der Waals surface area (Å²) in [6.07, 6.45) is 1.22. The Labute approximate surface area is 145 Å². The number of rotatable bonds is 6. The smallest absolute Gasteiger partial charge is 0.305 e. The van der Waals surface area contributed by atoms with Crippen LogP contribution in [-0.4, -0.2) is 59.5 Å². The van der Waals surface area contributed by atoms with Gasteiger partial charge in [0.15, 0.2) is 6.10 Å². The Balaban J connectivity index is 1.66. The number of aliphatic carboxylic acids is 1. The molecule has 0 aromatic heterocycles. The van der Waals surface area contributed by atoms with Gasteiger partial charge in [-0.3, -0.25) is 9.59 Å². The van der Waals surface area contributed by atoms with Crippen LogP contribution in [0.15, 0.2) is 29.2 Å². The first-order chi connectivity index (χ1) is 11.6. The van der Waals surface area contributed by atoms with Crippen molar-refractivity contribution < 1.29 is 24.2 Å². The van der Waals surface area contributed by atoms with E-state index < -0.39 is 12.1 Å². The van der Waals surface area contributed by atoms with E-state index in [2.05, 4.69) is 0 Å². The first-order valence-electron chi connectivity index (χ1n) is 8.14. The van der Waals surface area contributed by atoms with Crippen LogP contribution in [0.3, 0.4) is 0 Å². The van der Waals surface area contributed by atoms with Crippen LogP contribution in [-0.2, 0) is 14.3 Å². The second-order valence-electron chi connectivity index (χ2n) is 5.93. The molecule has 3 rings (SSSR count). The number of thioether (sulfide) groups is 1. The van der Waals surface area contributed by atoms with Gasteiger partial charge in [0.05, 0.1) is 12.5 Å². The number of hydrogen-bond donors (Lipinski definition) is 1. The minimum atomic E-state index is -0.913. The average Bonchev–Trinajstić information content (AvgIpc) is 3.10. The number of hydrogen-bond acceptors (Lipinski definition) is 5. The summed E-state index contributed by atoms with van der Waals surface area (Å²) < 4.78 is 11.4. The van der Waals surface area contributed by atoms with Gasteiger partial charge in [-0.05, 0) is 25.0 Å². The van der Waals surface area contributed by atoms with Crippen LogP contribution in [0, 0.1) is 0 Å². The summed E-state index contributed by atoms with van der Waals surface area (Å²) in [5.74, 6) is 0.172. The van der Waals surface area contributed by atoms with Crippen molar-refractivity contribution in [1.29, 1.82) is 0 Å². The zero-order chi connectivity index (χ0) is 16.9. The highest BCUT2D eigenvalue weighted by molar-refractivity contribution is 7.99. The Kier molecular flexibility index (Phi) is 5.63. The molecule has 2 aliphatic heterocycles. The van der Waals surface area contributed by atoms with E-state index in [1.807, 2.05) is 24.3 Å². The monoisotopic (exact) mass is 351 g/mol. The average molecular weight is 351 g/mol. The van der Waals surface area contributed by atoms with Crippen molar-refractivity contribution in [2.24, 2.45) is 0 Å². The lowest BCUT2D eigenvalue weighted by Crippen LogP contribution is -2.47. The maximum absolute atomic E-state index is 12.8. The van der Waals surface area contributed by atoms with Gasteiger partial charge in [-0.2, -0.15) is 0 Å². The van der Waals surface area contributed by atoms with E-state index in [4.69, 9.17) is 14.6 Å². The van der Waals surface area contributed by atoms with E-state index in [-0.39, 0.29) is 25.0 Å². The standard InChI is InChI=1S/C17H21NO5S/c19-16(20)7-8-18(10-12-4-3-9-22-12)17(21)14-11-24-15-6-2-1-5-13(15)23-14/h1-2,5-6,12,14H,3-4,7-11H2,(H,19,20)/t12-,14+/m1/s1. The number of ether oxygens (including phenoxy) is 2. The number of amides is 1. The molecule has 1 saturated heterocycles. The van der Waals surface area contributed by atoms with Crippen molar-refractivity contribution in [3.05, 3.63) is 24.3 Å². The molecule has 0 bridgehead atoms. The van der Waals surface area contributed by atoms with Gasteiger partial charge in [0.1, 0.15) is 5.75 Å². The fourth-order valence-corrected chi connectivity index (χ4v) is 3.88. The number of carboxylic acids is 1. The Hall–Kier alpha value is -1.73. The summed E-state index contributed by atoms with van der Waals surface area (Å²) in [5, 5.41) is 8.94. The minimum absolute atomic E-state index is 0.00808. The molecule has 1 aromatic carbocycles. The van der Waals surface area contributed by atoms with Crippen molar-refractivity contribution >= 4 is 23.6 Å². The van der Waals surface area contributed by atoms with E-state index in [0.717, 1.165) is 17.7 Å². The molecule has 1 N–H and O–H groups in total. The largest absolute Gasteiger partial charge is 0.481 e. The number of fused-ring (bicyclic) bond motifs is 1. The van der Waals surface area contributed by atoms with Gasteiger partial charge in [-0.15, -0.1) is 11.8 Å². The topological polar surface area (TPSA) is 76.1 Å². The lowest BCUT2D eigenvalue weighted by Gasteiger charge is -2.31. The second-order valence-corrected chi connectivity index (χ2v) is 6.99. The van der Waals surface area contributed by atoms with E-state index >= 15 is 0 Å². The molecule has 2 aliphatic rings. The maximum Gasteiger partial charge on any atom is 0.305 e. The third-order valence-electron chi connectivity index (χ3n) is 4.14. The third kappa shape index (κ3) is 4.21.